The van der Waals surface area contributed by atoms with Gasteiger partial charge in [0.05, 0.1) is 6.26 Å². The summed E-state index contributed by atoms with van der Waals surface area (Å²) in [5.41, 5.74) is -0.419. The first kappa shape index (κ1) is 25.9. The van der Waals surface area contributed by atoms with Crippen LogP contribution in [0.3, 0.4) is 0 Å². The summed E-state index contributed by atoms with van der Waals surface area (Å²) in [5, 5.41) is 2.26. The van der Waals surface area contributed by atoms with Crippen molar-refractivity contribution in [3.63, 3.8) is 0 Å². The number of hydrogen-bond acceptors (Lipinski definition) is 6. The molecular weight excluding hydrogens is 458 g/mol. The molecule has 0 spiro atoms. The summed E-state index contributed by atoms with van der Waals surface area (Å²) < 4.78 is 57.7. The largest absolute Gasteiger partial charge is 0.453 e. The standard InChI is InChI=1S/C22H24F2N2O6S/c1-12(2)19(25-21(28)18-16(23)6-5-7-17(18)24)22(29)32-13(3)20(27)14-8-10-15(11-9-14)26-33(4,30)31/h5-13,19,26H,1-4H3,(H,25,28)/t13-,19-/m1/s1. The second kappa shape index (κ2) is 10.5. The summed E-state index contributed by atoms with van der Waals surface area (Å²) >= 11 is 0. The quantitative estimate of drug-likeness (QED) is 0.419. The smallest absolute Gasteiger partial charge is 0.329 e. The molecule has 11 heteroatoms. The number of halogens is 2. The van der Waals surface area contributed by atoms with Gasteiger partial charge in [-0.05, 0) is 49.2 Å². The lowest BCUT2D eigenvalue weighted by atomic mass is 10.0. The molecule has 8 nitrogen and oxygen atoms in total. The Hall–Kier alpha value is -3.34. The molecule has 0 saturated heterocycles. The lowest BCUT2D eigenvalue weighted by Gasteiger charge is -2.23. The van der Waals surface area contributed by atoms with Gasteiger partial charge in [-0.1, -0.05) is 19.9 Å². The Labute approximate surface area is 190 Å². The van der Waals surface area contributed by atoms with Crippen LogP contribution in [-0.4, -0.2) is 44.5 Å². The number of hydrogen-bond donors (Lipinski definition) is 2. The molecule has 0 aliphatic carbocycles. The maximum absolute atomic E-state index is 13.9. The number of ketones is 1. The van der Waals surface area contributed by atoms with Crippen LogP contribution in [0.5, 0.6) is 0 Å². The van der Waals surface area contributed by atoms with E-state index in [9.17, 15) is 31.6 Å². The average Bonchev–Trinajstić information content (AvgIpc) is 2.70. The van der Waals surface area contributed by atoms with E-state index in [1.807, 2.05) is 0 Å². The van der Waals surface area contributed by atoms with E-state index in [0.29, 0.717) is 0 Å². The maximum atomic E-state index is 13.9. The van der Waals surface area contributed by atoms with Crippen LogP contribution in [0.25, 0.3) is 0 Å². The van der Waals surface area contributed by atoms with Gasteiger partial charge in [0.25, 0.3) is 5.91 Å². The van der Waals surface area contributed by atoms with Crippen LogP contribution in [0, 0.1) is 17.6 Å². The average molecular weight is 483 g/mol. The van der Waals surface area contributed by atoms with Crippen LogP contribution >= 0.6 is 0 Å². The number of carbonyl (C=O) groups is 3. The molecule has 1 amide bonds. The molecule has 33 heavy (non-hydrogen) atoms. The van der Waals surface area contributed by atoms with Crippen LogP contribution in [0.1, 0.15) is 41.5 Å². The van der Waals surface area contributed by atoms with Gasteiger partial charge in [0.1, 0.15) is 23.2 Å². The highest BCUT2D eigenvalue weighted by Gasteiger charge is 2.31. The second-order valence-electron chi connectivity index (χ2n) is 7.69. The summed E-state index contributed by atoms with van der Waals surface area (Å²) in [6.07, 6.45) is -0.257. The molecule has 0 fully saturated rings. The Morgan fingerprint density at radius 3 is 1.97 bits per heavy atom. The molecule has 178 valence electrons. The molecule has 0 bridgehead atoms. The minimum absolute atomic E-state index is 0.160. The van der Waals surface area contributed by atoms with E-state index in [1.54, 1.807) is 13.8 Å². The summed E-state index contributed by atoms with van der Waals surface area (Å²) in [7, 11) is -3.48. The minimum Gasteiger partial charge on any atom is -0.453 e. The molecule has 0 saturated carbocycles. The molecule has 0 radical (unpaired) electrons. The molecule has 0 aliphatic rings. The van der Waals surface area contributed by atoms with Crippen molar-refractivity contribution in [2.45, 2.75) is 32.9 Å². The molecule has 0 unspecified atom stereocenters. The molecular formula is C22H24F2N2O6S. The number of anilines is 1. The van der Waals surface area contributed by atoms with Gasteiger partial charge in [-0.15, -0.1) is 0 Å². The summed E-state index contributed by atoms with van der Waals surface area (Å²) in [6, 6.07) is 7.15. The number of ether oxygens (including phenoxy) is 1. The highest BCUT2D eigenvalue weighted by molar-refractivity contribution is 7.92. The van der Waals surface area contributed by atoms with Gasteiger partial charge in [0.2, 0.25) is 15.8 Å². The van der Waals surface area contributed by atoms with Gasteiger partial charge in [-0.3, -0.25) is 14.3 Å². The third kappa shape index (κ3) is 7.07. The first-order valence-electron chi connectivity index (χ1n) is 9.87. The van der Waals surface area contributed by atoms with E-state index >= 15 is 0 Å². The van der Waals surface area contributed by atoms with Crippen LogP contribution in [-0.2, 0) is 19.6 Å². The van der Waals surface area contributed by atoms with Crippen LogP contribution in [0.4, 0.5) is 14.5 Å². The van der Waals surface area contributed by atoms with E-state index in [2.05, 4.69) is 10.0 Å². The number of carbonyl (C=O) groups excluding carboxylic acids is 3. The molecule has 2 aromatic carbocycles. The van der Waals surface area contributed by atoms with Crippen molar-refractivity contribution in [2.75, 3.05) is 11.0 Å². The van der Waals surface area contributed by atoms with Crippen LogP contribution in [0.15, 0.2) is 42.5 Å². The SMILES string of the molecule is CC(C)[C@@H](NC(=O)c1c(F)cccc1F)C(=O)O[C@H](C)C(=O)c1ccc(NS(C)(=O)=O)cc1. The van der Waals surface area contributed by atoms with E-state index in [1.165, 1.54) is 31.2 Å². The minimum atomic E-state index is -3.48. The monoisotopic (exact) mass is 482 g/mol. The molecule has 2 N–H and O–H groups in total. The molecule has 0 aliphatic heterocycles. The fourth-order valence-electron chi connectivity index (χ4n) is 2.88. The van der Waals surface area contributed by atoms with Crippen molar-refractivity contribution in [1.82, 2.24) is 5.32 Å². The second-order valence-corrected chi connectivity index (χ2v) is 9.44. The Kier molecular flexibility index (Phi) is 8.26. The molecule has 0 aromatic heterocycles. The zero-order valence-electron chi connectivity index (χ0n) is 18.4. The number of nitrogens with one attached hydrogen (secondary N) is 2. The van der Waals surface area contributed by atoms with Crippen molar-refractivity contribution in [3.05, 3.63) is 65.2 Å². The number of esters is 1. The summed E-state index contributed by atoms with van der Waals surface area (Å²) in [4.78, 5) is 37.6. The predicted octanol–water partition coefficient (Wildman–Crippen LogP) is 2.91. The van der Waals surface area contributed by atoms with E-state index in [-0.39, 0.29) is 11.3 Å². The highest BCUT2D eigenvalue weighted by atomic mass is 32.2. The van der Waals surface area contributed by atoms with Gasteiger partial charge in [0, 0.05) is 11.3 Å². The zero-order valence-corrected chi connectivity index (χ0v) is 19.2. The first-order valence-corrected chi connectivity index (χ1v) is 11.8. The summed E-state index contributed by atoms with van der Waals surface area (Å²) in [5.74, 6) is -5.33. The number of Topliss-reactive ketones (excluding diaryl/α,β-unsaturated/α-hetero) is 1. The van der Waals surface area contributed by atoms with Crippen molar-refractivity contribution in [2.24, 2.45) is 5.92 Å². The highest BCUT2D eigenvalue weighted by Crippen LogP contribution is 2.16. The van der Waals surface area contributed by atoms with E-state index in [0.717, 1.165) is 24.5 Å². The molecule has 2 aromatic rings. The van der Waals surface area contributed by atoms with Crippen molar-refractivity contribution >= 4 is 33.4 Å². The van der Waals surface area contributed by atoms with Gasteiger partial charge in [-0.2, -0.15) is 0 Å². The Morgan fingerprint density at radius 1 is 0.939 bits per heavy atom. The third-order valence-corrected chi connectivity index (χ3v) is 5.14. The number of sulfonamides is 1. The Morgan fingerprint density at radius 2 is 1.48 bits per heavy atom. The molecule has 2 rings (SSSR count). The van der Waals surface area contributed by atoms with Crippen molar-refractivity contribution in [3.8, 4) is 0 Å². The maximum Gasteiger partial charge on any atom is 0.329 e. The fourth-order valence-corrected chi connectivity index (χ4v) is 3.44. The summed E-state index contributed by atoms with van der Waals surface area (Å²) in [6.45, 7) is 4.51. The first-order chi connectivity index (χ1) is 15.3. The van der Waals surface area contributed by atoms with Crippen LogP contribution in [0.2, 0.25) is 0 Å². The number of amides is 1. The Bertz CT molecular complexity index is 1130. The third-order valence-electron chi connectivity index (χ3n) is 4.53. The number of rotatable bonds is 9. The van der Waals surface area contributed by atoms with Gasteiger partial charge >= 0.3 is 5.97 Å². The van der Waals surface area contributed by atoms with Gasteiger partial charge < -0.3 is 10.1 Å². The lowest BCUT2D eigenvalue weighted by molar-refractivity contribution is -0.149. The number of benzene rings is 2. The topological polar surface area (TPSA) is 119 Å². The predicted molar refractivity (Wildman–Crippen MR) is 117 cm³/mol. The zero-order chi connectivity index (χ0) is 24.9. The lowest BCUT2D eigenvalue weighted by Crippen LogP contribution is -2.47. The molecule has 2 atom stereocenters. The molecule has 0 heterocycles. The van der Waals surface area contributed by atoms with Crippen LogP contribution < -0.4 is 10.0 Å². The van der Waals surface area contributed by atoms with E-state index in [4.69, 9.17) is 4.74 Å². The van der Waals surface area contributed by atoms with Crippen molar-refractivity contribution in [1.29, 1.82) is 0 Å². The Balaban J connectivity index is 2.10. The normalized spacial score (nSPS) is 13.2. The fraction of sp³-hybridized carbons (Fsp3) is 0.318. The van der Waals surface area contributed by atoms with Crippen molar-refractivity contribution < 1.29 is 36.3 Å². The van der Waals surface area contributed by atoms with Gasteiger partial charge in [0.15, 0.2) is 6.10 Å². The van der Waals surface area contributed by atoms with Gasteiger partial charge in [-0.25, -0.2) is 22.0 Å². The van der Waals surface area contributed by atoms with E-state index < -0.39 is 62.9 Å².